The monoisotopic (exact) mass is 356 g/mol. The van der Waals surface area contributed by atoms with Crippen LogP contribution in [0.3, 0.4) is 0 Å². The van der Waals surface area contributed by atoms with Gasteiger partial charge < -0.3 is 9.47 Å². The van der Waals surface area contributed by atoms with Crippen molar-refractivity contribution in [3.63, 3.8) is 0 Å². The van der Waals surface area contributed by atoms with E-state index in [1.54, 1.807) is 13.0 Å². The number of nitrogens with one attached hydrogen (secondary N) is 2. The minimum absolute atomic E-state index is 0.197. The fourth-order valence-electron chi connectivity index (χ4n) is 2.31. The van der Waals surface area contributed by atoms with Crippen molar-refractivity contribution in [2.75, 3.05) is 6.61 Å². The molecule has 0 saturated heterocycles. The fourth-order valence-corrected chi connectivity index (χ4v) is 2.31. The Balaban J connectivity index is 1.77. The second-order valence-corrected chi connectivity index (χ2v) is 6.12. The Morgan fingerprint density at radius 2 is 1.69 bits per heavy atom. The van der Waals surface area contributed by atoms with Gasteiger partial charge in [-0.05, 0) is 51.0 Å². The van der Waals surface area contributed by atoms with E-state index in [0.29, 0.717) is 11.5 Å². The molecule has 1 unspecified atom stereocenters. The summed E-state index contributed by atoms with van der Waals surface area (Å²) in [5, 5.41) is 0. The number of hydrazine groups is 1. The van der Waals surface area contributed by atoms with Gasteiger partial charge in [0.05, 0.1) is 0 Å². The van der Waals surface area contributed by atoms with Crippen LogP contribution in [0.15, 0.2) is 42.5 Å². The molecule has 0 aromatic heterocycles. The van der Waals surface area contributed by atoms with Crippen LogP contribution in [-0.4, -0.2) is 24.5 Å². The van der Waals surface area contributed by atoms with E-state index < -0.39 is 17.9 Å². The number of amides is 2. The highest BCUT2D eigenvalue weighted by Gasteiger charge is 2.16. The summed E-state index contributed by atoms with van der Waals surface area (Å²) >= 11 is 0. The predicted molar refractivity (Wildman–Crippen MR) is 99.0 cm³/mol. The molecule has 2 amide bonds. The summed E-state index contributed by atoms with van der Waals surface area (Å²) < 4.78 is 11.1. The van der Waals surface area contributed by atoms with Crippen LogP contribution < -0.4 is 20.3 Å². The van der Waals surface area contributed by atoms with Crippen molar-refractivity contribution in [2.45, 2.75) is 33.8 Å². The van der Waals surface area contributed by atoms with Gasteiger partial charge in [0, 0.05) is 0 Å². The van der Waals surface area contributed by atoms with E-state index in [1.807, 2.05) is 57.2 Å². The number of ether oxygens (including phenoxy) is 2. The Hall–Kier alpha value is -3.02. The smallest absolute Gasteiger partial charge is 0.279 e. The second kappa shape index (κ2) is 8.89. The van der Waals surface area contributed by atoms with Gasteiger partial charge in [0.1, 0.15) is 11.5 Å². The predicted octanol–water partition coefficient (Wildman–Crippen LogP) is 2.61. The average Bonchev–Trinajstić information content (AvgIpc) is 2.60. The van der Waals surface area contributed by atoms with Crippen molar-refractivity contribution < 1.29 is 19.1 Å². The van der Waals surface area contributed by atoms with Crippen LogP contribution in [0.2, 0.25) is 0 Å². The Kier molecular flexibility index (Phi) is 6.60. The third-order valence-corrected chi connectivity index (χ3v) is 3.78. The van der Waals surface area contributed by atoms with Gasteiger partial charge >= 0.3 is 0 Å². The summed E-state index contributed by atoms with van der Waals surface area (Å²) in [6.45, 7) is 7.20. The molecule has 0 spiro atoms. The molecule has 6 heteroatoms. The normalized spacial score (nSPS) is 11.4. The molecule has 0 aliphatic carbocycles. The number of hydrogen-bond donors (Lipinski definition) is 2. The lowest BCUT2D eigenvalue weighted by Crippen LogP contribution is -2.48. The lowest BCUT2D eigenvalue weighted by Gasteiger charge is -2.16. The first kappa shape index (κ1) is 19.3. The molecular weight excluding hydrogens is 332 g/mol. The standard InChI is InChI=1S/C20H24N2O4/c1-13-9-10-17(15(3)11-13)25-12-19(23)21-22-20(24)16(4)26-18-8-6-5-7-14(18)2/h5-11,16H,12H2,1-4H3,(H,21,23)(H,22,24). The maximum absolute atomic E-state index is 12.0. The molecule has 2 rings (SSSR count). The molecule has 0 aliphatic heterocycles. The molecule has 1 atom stereocenters. The third kappa shape index (κ3) is 5.51. The molecule has 2 aromatic carbocycles. The summed E-state index contributed by atoms with van der Waals surface area (Å²) in [5.41, 5.74) is 7.65. The highest BCUT2D eigenvalue weighted by molar-refractivity contribution is 5.85. The summed E-state index contributed by atoms with van der Waals surface area (Å²) in [6.07, 6.45) is -0.753. The molecule has 138 valence electrons. The van der Waals surface area contributed by atoms with Crippen LogP contribution in [-0.2, 0) is 9.59 Å². The minimum atomic E-state index is -0.753. The van der Waals surface area contributed by atoms with Crippen molar-refractivity contribution in [1.82, 2.24) is 10.9 Å². The molecule has 0 aliphatic rings. The number of hydrogen-bond acceptors (Lipinski definition) is 4. The molecule has 0 fully saturated rings. The van der Waals surface area contributed by atoms with E-state index in [9.17, 15) is 9.59 Å². The van der Waals surface area contributed by atoms with Gasteiger partial charge in [0.15, 0.2) is 12.7 Å². The Labute approximate surface area is 153 Å². The van der Waals surface area contributed by atoms with Gasteiger partial charge in [-0.15, -0.1) is 0 Å². The summed E-state index contributed by atoms with van der Waals surface area (Å²) in [5.74, 6) is 0.350. The average molecular weight is 356 g/mol. The maximum Gasteiger partial charge on any atom is 0.279 e. The van der Waals surface area contributed by atoms with E-state index in [-0.39, 0.29) is 6.61 Å². The molecule has 0 heterocycles. The number of para-hydroxylation sites is 1. The molecule has 2 aromatic rings. The van der Waals surface area contributed by atoms with Crippen LogP contribution in [0.1, 0.15) is 23.6 Å². The van der Waals surface area contributed by atoms with E-state index in [4.69, 9.17) is 9.47 Å². The first-order valence-corrected chi connectivity index (χ1v) is 8.38. The van der Waals surface area contributed by atoms with Gasteiger partial charge in [-0.1, -0.05) is 35.9 Å². The maximum atomic E-state index is 12.0. The lowest BCUT2D eigenvalue weighted by molar-refractivity contribution is -0.133. The van der Waals surface area contributed by atoms with Crippen LogP contribution in [0, 0.1) is 20.8 Å². The van der Waals surface area contributed by atoms with Crippen molar-refractivity contribution in [2.24, 2.45) is 0 Å². The second-order valence-electron chi connectivity index (χ2n) is 6.12. The molecule has 0 bridgehead atoms. The Bertz CT molecular complexity index is 789. The largest absolute Gasteiger partial charge is 0.483 e. The Morgan fingerprint density at radius 3 is 2.38 bits per heavy atom. The van der Waals surface area contributed by atoms with Crippen molar-refractivity contribution in [3.05, 3.63) is 59.2 Å². The van der Waals surface area contributed by atoms with Crippen LogP contribution in [0.5, 0.6) is 11.5 Å². The van der Waals surface area contributed by atoms with Crippen molar-refractivity contribution >= 4 is 11.8 Å². The minimum Gasteiger partial charge on any atom is -0.483 e. The van der Waals surface area contributed by atoms with E-state index in [1.165, 1.54) is 0 Å². The SMILES string of the molecule is Cc1ccc(OCC(=O)NNC(=O)C(C)Oc2ccccc2C)c(C)c1. The van der Waals surface area contributed by atoms with Gasteiger partial charge in [0.2, 0.25) is 0 Å². The fraction of sp³-hybridized carbons (Fsp3) is 0.300. The summed E-state index contributed by atoms with van der Waals surface area (Å²) in [6, 6.07) is 13.1. The number of carbonyl (C=O) groups is 2. The summed E-state index contributed by atoms with van der Waals surface area (Å²) in [7, 11) is 0. The summed E-state index contributed by atoms with van der Waals surface area (Å²) in [4.78, 5) is 23.9. The van der Waals surface area contributed by atoms with Crippen LogP contribution in [0.4, 0.5) is 0 Å². The number of carbonyl (C=O) groups excluding carboxylic acids is 2. The highest BCUT2D eigenvalue weighted by atomic mass is 16.5. The highest BCUT2D eigenvalue weighted by Crippen LogP contribution is 2.19. The zero-order chi connectivity index (χ0) is 19.1. The lowest BCUT2D eigenvalue weighted by atomic mass is 10.1. The first-order chi connectivity index (χ1) is 12.4. The topological polar surface area (TPSA) is 76.7 Å². The molecule has 0 radical (unpaired) electrons. The van der Waals surface area contributed by atoms with Gasteiger partial charge in [-0.2, -0.15) is 0 Å². The van der Waals surface area contributed by atoms with Crippen LogP contribution >= 0.6 is 0 Å². The van der Waals surface area contributed by atoms with Gasteiger partial charge in [-0.25, -0.2) is 0 Å². The molecule has 0 saturated carbocycles. The van der Waals surface area contributed by atoms with Crippen molar-refractivity contribution in [3.8, 4) is 11.5 Å². The molecular formula is C20H24N2O4. The van der Waals surface area contributed by atoms with E-state index in [0.717, 1.165) is 16.7 Å². The van der Waals surface area contributed by atoms with Crippen molar-refractivity contribution in [1.29, 1.82) is 0 Å². The zero-order valence-corrected chi connectivity index (χ0v) is 15.5. The van der Waals surface area contributed by atoms with Crippen LogP contribution in [0.25, 0.3) is 0 Å². The van der Waals surface area contributed by atoms with E-state index >= 15 is 0 Å². The van der Waals surface area contributed by atoms with Gasteiger partial charge in [-0.3, -0.25) is 20.4 Å². The number of rotatable bonds is 6. The van der Waals surface area contributed by atoms with Gasteiger partial charge in [0.25, 0.3) is 11.8 Å². The molecule has 6 nitrogen and oxygen atoms in total. The van der Waals surface area contributed by atoms with E-state index in [2.05, 4.69) is 10.9 Å². The first-order valence-electron chi connectivity index (χ1n) is 8.38. The molecule has 26 heavy (non-hydrogen) atoms. The third-order valence-electron chi connectivity index (χ3n) is 3.78. The number of benzene rings is 2. The molecule has 2 N–H and O–H groups in total. The number of aryl methyl sites for hydroxylation is 3. The quantitative estimate of drug-likeness (QED) is 0.780. The Morgan fingerprint density at radius 1 is 0.962 bits per heavy atom. The zero-order valence-electron chi connectivity index (χ0n) is 15.5.